The molecule has 29 heavy (non-hydrogen) atoms. The number of anilines is 3. The Hall–Kier alpha value is -3.20. The number of fused-ring (bicyclic) bond motifs is 1. The largest absolute Gasteiger partial charge is 0.355 e. The van der Waals surface area contributed by atoms with Gasteiger partial charge in [0.25, 0.3) is 0 Å². The monoisotopic (exact) mass is 413 g/mol. The summed E-state index contributed by atoms with van der Waals surface area (Å²) in [6, 6.07) is 8.79. The predicted molar refractivity (Wildman–Crippen MR) is 110 cm³/mol. The smallest absolute Gasteiger partial charge is 0.227 e. The molecule has 0 atom stereocenters. The van der Waals surface area contributed by atoms with E-state index in [1.54, 1.807) is 29.0 Å². The van der Waals surface area contributed by atoms with Gasteiger partial charge in [0.15, 0.2) is 5.65 Å². The van der Waals surface area contributed by atoms with Crippen molar-refractivity contribution in [3.63, 3.8) is 0 Å². The van der Waals surface area contributed by atoms with Crippen LogP contribution in [0.15, 0.2) is 36.7 Å². The number of benzene rings is 1. The van der Waals surface area contributed by atoms with Crippen LogP contribution in [-0.4, -0.2) is 44.7 Å². The van der Waals surface area contributed by atoms with Gasteiger partial charge in [-0.05, 0) is 43.2 Å². The molecule has 150 valence electrons. The molecule has 0 aliphatic carbocycles. The molecule has 2 aromatic heterocycles. The SMILES string of the molecule is CC(=O)Nc1ccc(Cl)c(NC(=O)C2CCN(c3ccc4nncn4n3)CC2)c1. The highest BCUT2D eigenvalue weighted by molar-refractivity contribution is 6.33. The lowest BCUT2D eigenvalue weighted by Gasteiger charge is -2.32. The normalized spacial score (nSPS) is 14.8. The summed E-state index contributed by atoms with van der Waals surface area (Å²) in [5.74, 6) is 0.455. The fraction of sp³-hybridized carbons (Fsp3) is 0.316. The quantitative estimate of drug-likeness (QED) is 0.681. The molecule has 10 heteroatoms. The van der Waals surface area contributed by atoms with Crippen LogP contribution in [0, 0.1) is 5.92 Å². The summed E-state index contributed by atoms with van der Waals surface area (Å²) in [5, 5.41) is 18.3. The zero-order chi connectivity index (χ0) is 20.4. The second-order valence-corrected chi connectivity index (χ2v) is 7.36. The molecule has 3 aromatic rings. The van der Waals surface area contributed by atoms with E-state index in [0.717, 1.165) is 18.9 Å². The first kappa shape index (κ1) is 19.1. The average molecular weight is 414 g/mol. The molecule has 1 aliphatic rings. The van der Waals surface area contributed by atoms with Crippen LogP contribution in [0.5, 0.6) is 0 Å². The van der Waals surface area contributed by atoms with Crippen molar-refractivity contribution in [3.05, 3.63) is 41.7 Å². The maximum Gasteiger partial charge on any atom is 0.227 e. The number of rotatable bonds is 4. The molecule has 3 heterocycles. The van der Waals surface area contributed by atoms with Crippen LogP contribution in [0.25, 0.3) is 5.65 Å². The van der Waals surface area contributed by atoms with Gasteiger partial charge in [-0.1, -0.05) is 11.6 Å². The van der Waals surface area contributed by atoms with Crippen molar-refractivity contribution in [1.82, 2.24) is 19.8 Å². The summed E-state index contributed by atoms with van der Waals surface area (Å²) in [6.07, 6.45) is 2.98. The molecule has 0 bridgehead atoms. The molecular weight excluding hydrogens is 394 g/mol. The Kier molecular flexibility index (Phi) is 5.30. The number of piperidine rings is 1. The van der Waals surface area contributed by atoms with E-state index >= 15 is 0 Å². The molecule has 0 radical (unpaired) electrons. The average Bonchev–Trinajstić information content (AvgIpc) is 3.18. The standard InChI is InChI=1S/C19H20ClN7O2/c1-12(28)22-14-2-3-15(20)16(10-14)23-19(29)13-6-8-26(9-7-13)18-5-4-17-24-21-11-27(17)25-18/h2-5,10-11,13H,6-9H2,1H3,(H,22,28)(H,23,29). The van der Waals surface area contributed by atoms with Gasteiger partial charge < -0.3 is 15.5 Å². The molecule has 2 amide bonds. The van der Waals surface area contributed by atoms with Crippen molar-refractivity contribution in [1.29, 1.82) is 0 Å². The first-order valence-corrected chi connectivity index (χ1v) is 9.67. The molecule has 1 saturated heterocycles. The molecule has 1 aromatic carbocycles. The summed E-state index contributed by atoms with van der Waals surface area (Å²) < 4.78 is 1.64. The Bertz CT molecular complexity index is 1060. The number of carbonyl (C=O) groups excluding carboxylic acids is 2. The predicted octanol–water partition coefficient (Wildman–Crippen LogP) is 2.59. The second kappa shape index (κ2) is 8.04. The van der Waals surface area contributed by atoms with Crippen LogP contribution < -0.4 is 15.5 Å². The highest BCUT2D eigenvalue weighted by Gasteiger charge is 2.26. The Morgan fingerprint density at radius 3 is 2.69 bits per heavy atom. The van der Waals surface area contributed by atoms with Crippen LogP contribution in [0.4, 0.5) is 17.2 Å². The highest BCUT2D eigenvalue weighted by atomic mass is 35.5. The first-order chi connectivity index (χ1) is 14.0. The van der Waals surface area contributed by atoms with Crippen molar-refractivity contribution < 1.29 is 9.59 Å². The molecular formula is C19H20ClN7O2. The molecule has 9 nitrogen and oxygen atoms in total. The summed E-state index contributed by atoms with van der Waals surface area (Å²) in [6.45, 7) is 2.87. The van der Waals surface area contributed by atoms with Crippen LogP contribution in [-0.2, 0) is 9.59 Å². The van der Waals surface area contributed by atoms with Crippen LogP contribution in [0.2, 0.25) is 5.02 Å². The van der Waals surface area contributed by atoms with Gasteiger partial charge in [-0.25, -0.2) is 0 Å². The summed E-state index contributed by atoms with van der Waals surface area (Å²) in [7, 11) is 0. The lowest BCUT2D eigenvalue weighted by molar-refractivity contribution is -0.120. The van der Waals surface area contributed by atoms with E-state index < -0.39 is 0 Å². The van der Waals surface area contributed by atoms with E-state index in [4.69, 9.17) is 11.6 Å². The van der Waals surface area contributed by atoms with E-state index in [2.05, 4.69) is 30.8 Å². The second-order valence-electron chi connectivity index (χ2n) is 6.95. The molecule has 0 spiro atoms. The molecule has 0 unspecified atom stereocenters. The van der Waals surface area contributed by atoms with Crippen molar-refractivity contribution in [2.45, 2.75) is 19.8 Å². The number of nitrogens with zero attached hydrogens (tertiary/aromatic N) is 5. The number of aromatic nitrogens is 4. The number of nitrogens with one attached hydrogen (secondary N) is 2. The zero-order valence-electron chi connectivity index (χ0n) is 15.8. The molecule has 1 aliphatic heterocycles. The Morgan fingerprint density at radius 2 is 1.93 bits per heavy atom. The molecule has 1 fully saturated rings. The lowest BCUT2D eigenvalue weighted by atomic mass is 9.96. The minimum atomic E-state index is -0.185. The van der Waals surface area contributed by atoms with Gasteiger partial charge in [0, 0.05) is 31.6 Å². The fourth-order valence-electron chi connectivity index (χ4n) is 3.39. The summed E-state index contributed by atoms with van der Waals surface area (Å²) >= 11 is 6.20. The molecule has 4 rings (SSSR count). The van der Waals surface area contributed by atoms with E-state index in [1.807, 2.05) is 12.1 Å². The summed E-state index contributed by atoms with van der Waals surface area (Å²) in [4.78, 5) is 26.1. The molecule has 0 saturated carbocycles. The fourth-order valence-corrected chi connectivity index (χ4v) is 3.56. The third kappa shape index (κ3) is 4.29. The topological polar surface area (TPSA) is 105 Å². The van der Waals surface area contributed by atoms with Gasteiger partial charge in [-0.15, -0.1) is 15.3 Å². The number of carbonyl (C=O) groups is 2. The lowest BCUT2D eigenvalue weighted by Crippen LogP contribution is -2.38. The molecule has 2 N–H and O–H groups in total. The number of hydrogen-bond acceptors (Lipinski definition) is 6. The van der Waals surface area contributed by atoms with Gasteiger partial charge in [0.05, 0.1) is 10.7 Å². The van der Waals surface area contributed by atoms with Crippen LogP contribution in [0.1, 0.15) is 19.8 Å². The number of amides is 2. The number of halogens is 1. The maximum absolute atomic E-state index is 12.7. The van der Waals surface area contributed by atoms with E-state index in [0.29, 0.717) is 34.9 Å². The minimum Gasteiger partial charge on any atom is -0.355 e. The van der Waals surface area contributed by atoms with Gasteiger partial charge >= 0.3 is 0 Å². The maximum atomic E-state index is 12.7. The number of hydrogen-bond donors (Lipinski definition) is 2. The minimum absolute atomic E-state index is 0.0752. The van der Waals surface area contributed by atoms with Crippen molar-refractivity contribution in [3.8, 4) is 0 Å². The Balaban J connectivity index is 1.38. The van der Waals surface area contributed by atoms with Gasteiger partial charge in [0.2, 0.25) is 11.8 Å². The highest BCUT2D eigenvalue weighted by Crippen LogP contribution is 2.28. The van der Waals surface area contributed by atoms with Gasteiger partial charge in [-0.3, -0.25) is 9.59 Å². The van der Waals surface area contributed by atoms with Gasteiger partial charge in [0.1, 0.15) is 12.1 Å². The third-order valence-corrected chi connectivity index (χ3v) is 5.21. The third-order valence-electron chi connectivity index (χ3n) is 4.88. The van der Waals surface area contributed by atoms with E-state index in [9.17, 15) is 9.59 Å². The summed E-state index contributed by atoms with van der Waals surface area (Å²) in [5.41, 5.74) is 1.77. The van der Waals surface area contributed by atoms with E-state index in [-0.39, 0.29) is 17.7 Å². The van der Waals surface area contributed by atoms with Crippen molar-refractivity contribution in [2.75, 3.05) is 28.6 Å². The zero-order valence-corrected chi connectivity index (χ0v) is 16.6. The van der Waals surface area contributed by atoms with Crippen molar-refractivity contribution in [2.24, 2.45) is 5.92 Å². The Morgan fingerprint density at radius 1 is 1.14 bits per heavy atom. The van der Waals surface area contributed by atoms with Gasteiger partial charge in [-0.2, -0.15) is 4.52 Å². The van der Waals surface area contributed by atoms with Crippen LogP contribution >= 0.6 is 11.6 Å². The van der Waals surface area contributed by atoms with Crippen LogP contribution in [0.3, 0.4) is 0 Å². The van der Waals surface area contributed by atoms with E-state index in [1.165, 1.54) is 6.92 Å². The Labute approximate surface area is 172 Å². The first-order valence-electron chi connectivity index (χ1n) is 9.29. The van der Waals surface area contributed by atoms with Crippen molar-refractivity contribution >= 4 is 46.3 Å².